The van der Waals surface area contributed by atoms with Crippen molar-refractivity contribution < 1.29 is 24.9 Å². The zero-order valence-electron chi connectivity index (χ0n) is 14.9. The monoisotopic (exact) mass is 348 g/mol. The Bertz CT molecular complexity index is 675. The van der Waals surface area contributed by atoms with Gasteiger partial charge in [-0.05, 0) is 56.3 Å². The summed E-state index contributed by atoms with van der Waals surface area (Å²) in [6.45, 7) is 8.15. The lowest BCUT2D eigenvalue weighted by atomic mass is 9.39. The number of hydrogen-bond acceptors (Lipinski definition) is 5. The molecule has 0 aromatic carbocycles. The van der Waals surface area contributed by atoms with Gasteiger partial charge in [0.1, 0.15) is 6.10 Å². The van der Waals surface area contributed by atoms with Crippen molar-refractivity contribution in [3.63, 3.8) is 0 Å². The van der Waals surface area contributed by atoms with Gasteiger partial charge in [-0.3, -0.25) is 4.79 Å². The van der Waals surface area contributed by atoms with Crippen molar-refractivity contribution in [1.29, 1.82) is 0 Å². The molecule has 138 valence electrons. The lowest BCUT2D eigenvalue weighted by molar-refractivity contribution is -0.254. The van der Waals surface area contributed by atoms with Crippen LogP contribution < -0.4 is 0 Å². The van der Waals surface area contributed by atoms with E-state index in [1.165, 1.54) is 0 Å². The molecule has 0 radical (unpaired) electrons. The van der Waals surface area contributed by atoms with Gasteiger partial charge in [-0.1, -0.05) is 19.1 Å². The van der Waals surface area contributed by atoms with E-state index < -0.39 is 41.2 Å². The highest BCUT2D eigenvalue weighted by Crippen LogP contribution is 2.74. The molecule has 5 aliphatic rings. The van der Waals surface area contributed by atoms with Crippen LogP contribution in [0.1, 0.15) is 46.0 Å². The third-order valence-electron chi connectivity index (χ3n) is 8.92. The van der Waals surface area contributed by atoms with Crippen LogP contribution in [0.5, 0.6) is 0 Å². The zero-order valence-corrected chi connectivity index (χ0v) is 14.9. The van der Waals surface area contributed by atoms with Gasteiger partial charge in [0.15, 0.2) is 0 Å². The van der Waals surface area contributed by atoms with E-state index >= 15 is 0 Å². The first-order valence-corrected chi connectivity index (χ1v) is 9.59. The van der Waals surface area contributed by atoms with Gasteiger partial charge in [-0.25, -0.2) is 0 Å². The fourth-order valence-electron chi connectivity index (χ4n) is 8.06. The van der Waals surface area contributed by atoms with Gasteiger partial charge in [0, 0.05) is 11.3 Å². The number of aliphatic hydroxyl groups is 3. The van der Waals surface area contributed by atoms with Crippen molar-refractivity contribution in [2.75, 3.05) is 0 Å². The standard InChI is InChI=1S/C20H28O5/c1-9-7-20-8-10(9)6-11(21)14(20)18(2)5-4-12(22)19(3)15(18)13(16(20)23)25-17(19)24/h10-16,21-23H,1,4-8H2,2-3H3/t10-,11-,12+,13-,14+,15+,16+,18+,19-,20+/m1/s1. The summed E-state index contributed by atoms with van der Waals surface area (Å²) in [6.07, 6.45) is 0.846. The number of rotatable bonds is 0. The van der Waals surface area contributed by atoms with Crippen LogP contribution in [0.25, 0.3) is 0 Å². The number of hydrogen-bond donors (Lipinski definition) is 3. The van der Waals surface area contributed by atoms with E-state index in [4.69, 9.17) is 4.74 Å². The highest BCUT2D eigenvalue weighted by Gasteiger charge is 2.78. The number of fused-ring (bicyclic) bond motifs is 2. The van der Waals surface area contributed by atoms with Crippen LogP contribution in [0.15, 0.2) is 12.2 Å². The number of aliphatic hydroxyl groups excluding tert-OH is 3. The first kappa shape index (κ1) is 16.3. The third kappa shape index (κ3) is 1.56. The summed E-state index contributed by atoms with van der Waals surface area (Å²) in [5.74, 6) is -0.494. The predicted molar refractivity (Wildman–Crippen MR) is 89.2 cm³/mol. The predicted octanol–water partition coefficient (Wildman–Crippen LogP) is 1.40. The van der Waals surface area contributed by atoms with Crippen LogP contribution in [0, 0.1) is 34.0 Å². The molecule has 0 aromatic heterocycles. The summed E-state index contributed by atoms with van der Waals surface area (Å²) in [7, 11) is 0. The lowest BCUT2D eigenvalue weighted by Gasteiger charge is -2.65. The normalized spacial score (nSPS) is 62.4. The van der Waals surface area contributed by atoms with Crippen molar-refractivity contribution in [3.05, 3.63) is 12.2 Å². The largest absolute Gasteiger partial charge is 0.459 e. The Morgan fingerprint density at radius 3 is 2.64 bits per heavy atom. The van der Waals surface area contributed by atoms with Crippen LogP contribution in [0.4, 0.5) is 0 Å². The second-order valence-corrected chi connectivity index (χ2v) is 9.89. The van der Waals surface area contributed by atoms with Crippen LogP contribution in [-0.4, -0.2) is 45.7 Å². The molecule has 1 aliphatic heterocycles. The van der Waals surface area contributed by atoms with E-state index in [0.717, 1.165) is 18.4 Å². The highest BCUT2D eigenvalue weighted by atomic mass is 16.6. The molecule has 4 saturated carbocycles. The molecule has 0 amide bonds. The summed E-state index contributed by atoms with van der Waals surface area (Å²) >= 11 is 0. The fourth-order valence-corrected chi connectivity index (χ4v) is 8.06. The van der Waals surface area contributed by atoms with Crippen molar-refractivity contribution in [1.82, 2.24) is 0 Å². The molecule has 0 aromatic rings. The van der Waals surface area contributed by atoms with Crippen LogP contribution in [0.3, 0.4) is 0 Å². The zero-order chi connectivity index (χ0) is 17.9. The topological polar surface area (TPSA) is 87.0 Å². The van der Waals surface area contributed by atoms with E-state index in [-0.39, 0.29) is 23.2 Å². The van der Waals surface area contributed by atoms with Crippen LogP contribution >= 0.6 is 0 Å². The highest BCUT2D eigenvalue weighted by molar-refractivity contribution is 5.81. The van der Waals surface area contributed by atoms with E-state index in [2.05, 4.69) is 13.5 Å². The smallest absolute Gasteiger partial charge is 0.315 e. The second-order valence-electron chi connectivity index (χ2n) is 9.89. The Kier molecular flexibility index (Phi) is 2.92. The molecule has 3 N–H and O–H groups in total. The first-order chi connectivity index (χ1) is 11.7. The van der Waals surface area contributed by atoms with Crippen molar-refractivity contribution in [2.45, 2.75) is 70.4 Å². The minimum atomic E-state index is -0.994. The van der Waals surface area contributed by atoms with Gasteiger partial charge in [0.05, 0.1) is 23.7 Å². The molecular formula is C20H28O5. The van der Waals surface area contributed by atoms with Gasteiger partial charge in [-0.15, -0.1) is 0 Å². The van der Waals surface area contributed by atoms with E-state index in [1.807, 2.05) is 0 Å². The van der Waals surface area contributed by atoms with E-state index in [1.54, 1.807) is 6.92 Å². The summed E-state index contributed by atoms with van der Waals surface area (Å²) in [6, 6.07) is 0. The average Bonchev–Trinajstić information content (AvgIpc) is 2.96. The number of esters is 1. The van der Waals surface area contributed by atoms with E-state index in [0.29, 0.717) is 19.3 Å². The summed E-state index contributed by atoms with van der Waals surface area (Å²) in [4.78, 5) is 12.8. The first-order valence-electron chi connectivity index (χ1n) is 9.59. The molecule has 5 nitrogen and oxygen atoms in total. The van der Waals surface area contributed by atoms with E-state index in [9.17, 15) is 20.1 Å². The van der Waals surface area contributed by atoms with Gasteiger partial charge in [-0.2, -0.15) is 0 Å². The van der Waals surface area contributed by atoms with Gasteiger partial charge in [0.25, 0.3) is 0 Å². The fraction of sp³-hybridized carbons (Fsp3) is 0.850. The Balaban J connectivity index is 1.72. The maximum atomic E-state index is 12.8. The minimum absolute atomic E-state index is 0.0897. The second kappa shape index (κ2) is 4.49. The molecular weight excluding hydrogens is 320 g/mol. The third-order valence-corrected chi connectivity index (χ3v) is 8.92. The van der Waals surface area contributed by atoms with Crippen molar-refractivity contribution in [2.24, 2.45) is 34.0 Å². The molecule has 2 bridgehead atoms. The molecule has 10 atom stereocenters. The molecule has 0 unspecified atom stereocenters. The molecule has 1 heterocycles. The van der Waals surface area contributed by atoms with Crippen molar-refractivity contribution >= 4 is 5.97 Å². The minimum Gasteiger partial charge on any atom is -0.459 e. The maximum absolute atomic E-state index is 12.8. The van der Waals surface area contributed by atoms with Gasteiger partial charge in [0.2, 0.25) is 0 Å². The summed E-state index contributed by atoms with van der Waals surface area (Å²) in [5, 5.41) is 33.1. The Morgan fingerprint density at radius 2 is 1.92 bits per heavy atom. The SMILES string of the molecule is C=C1C[C@]23C[C@H]1C[C@@H](O)[C@H]2[C@]1(C)CC[C@H](O)[C@@]2(C)C(=O)O[C@@H]([C@@H]3O)[C@@H]12. The Hall–Kier alpha value is -0.910. The molecule has 5 rings (SSSR count). The van der Waals surface area contributed by atoms with Crippen LogP contribution in [0.2, 0.25) is 0 Å². The Morgan fingerprint density at radius 1 is 1.20 bits per heavy atom. The Labute approximate surface area is 148 Å². The van der Waals surface area contributed by atoms with Crippen molar-refractivity contribution in [3.8, 4) is 0 Å². The number of carbonyl (C=O) groups excluding carboxylic acids is 1. The van der Waals surface area contributed by atoms with Gasteiger partial charge < -0.3 is 20.1 Å². The number of ether oxygens (including phenoxy) is 1. The van der Waals surface area contributed by atoms with Crippen LogP contribution in [-0.2, 0) is 9.53 Å². The molecule has 5 heteroatoms. The molecule has 5 fully saturated rings. The summed E-state index contributed by atoms with van der Waals surface area (Å²) in [5.41, 5.74) is -0.667. The average molecular weight is 348 g/mol. The summed E-state index contributed by atoms with van der Waals surface area (Å²) < 4.78 is 5.73. The quantitative estimate of drug-likeness (QED) is 0.455. The number of carbonyl (C=O) groups is 1. The lowest BCUT2D eigenvalue weighted by Crippen LogP contribution is -2.70. The molecule has 1 saturated heterocycles. The van der Waals surface area contributed by atoms with Gasteiger partial charge >= 0.3 is 5.97 Å². The molecule has 4 aliphatic carbocycles. The molecule has 25 heavy (non-hydrogen) atoms. The maximum Gasteiger partial charge on any atom is 0.315 e. The number of allylic oxidation sites excluding steroid dienone is 1. The molecule has 1 spiro atoms.